The van der Waals surface area contributed by atoms with E-state index in [4.69, 9.17) is 5.73 Å². The first-order valence-electron chi connectivity index (χ1n) is 19.3. The molecule has 4 heterocycles. The monoisotopic (exact) mass is 929 g/mol. The smallest absolute Gasteiger partial charge is 0.384 e. The number of hydrogen-bond acceptors (Lipinski definition) is 7. The molecule has 8 rings (SSSR count). The molecule has 0 aliphatic rings. The summed E-state index contributed by atoms with van der Waals surface area (Å²) in [5.74, 6) is 0.329. The van der Waals surface area contributed by atoms with Crippen molar-refractivity contribution >= 4 is 15.9 Å². The Morgan fingerprint density at radius 1 is 0.455 bits per heavy atom. The fraction of sp³-hybridized carbons (Fsp3) is 0.0833. The minimum atomic E-state index is -4.67. The van der Waals surface area contributed by atoms with Crippen LogP contribution in [-0.4, -0.2) is 32.9 Å². The average Bonchev–Trinajstić information content (AvgIpc) is 3.28. The Kier molecular flexibility index (Phi) is 12.8. The molecule has 0 saturated carbocycles. The maximum absolute atomic E-state index is 13.6. The summed E-state index contributed by atoms with van der Waals surface area (Å²) >= 11 is 0. The largest absolute Gasteiger partial charge is 0.416 e. The number of benzene rings is 4. The van der Waals surface area contributed by atoms with Gasteiger partial charge in [0, 0.05) is 52.0 Å². The van der Waals surface area contributed by atoms with Crippen molar-refractivity contribution in [3.63, 3.8) is 0 Å². The number of rotatable bonds is 7. The highest BCUT2D eigenvalue weighted by molar-refractivity contribution is 7.85. The normalized spacial score (nSPS) is 12.0. The van der Waals surface area contributed by atoms with E-state index in [0.29, 0.717) is 50.6 Å². The molecule has 0 fully saturated rings. The number of nitrogens with zero attached hydrogens (tertiary/aromatic N) is 4. The third-order valence-corrected chi connectivity index (χ3v) is 10.7. The van der Waals surface area contributed by atoms with E-state index in [1.807, 2.05) is 19.1 Å². The van der Waals surface area contributed by atoms with E-state index in [0.717, 1.165) is 65.9 Å². The number of nitrogen functional groups attached to an aromatic ring is 1. The van der Waals surface area contributed by atoms with Crippen molar-refractivity contribution in [2.45, 2.75) is 30.3 Å². The summed E-state index contributed by atoms with van der Waals surface area (Å²) in [5.41, 5.74) is 9.31. The van der Waals surface area contributed by atoms with Crippen molar-refractivity contribution in [3.8, 4) is 67.3 Å². The van der Waals surface area contributed by atoms with Gasteiger partial charge in [0.2, 0.25) is 0 Å². The van der Waals surface area contributed by atoms with Crippen LogP contribution < -0.4 is 5.73 Å². The van der Waals surface area contributed by atoms with Crippen LogP contribution in [0.4, 0.5) is 45.3 Å². The maximum atomic E-state index is 13.6. The molecule has 0 spiro atoms. The van der Waals surface area contributed by atoms with Gasteiger partial charge < -0.3 is 5.73 Å². The van der Waals surface area contributed by atoms with Crippen LogP contribution in [0.25, 0.3) is 67.3 Å². The van der Waals surface area contributed by atoms with Gasteiger partial charge in [0.1, 0.15) is 10.7 Å². The summed E-state index contributed by atoms with van der Waals surface area (Å²) in [4.78, 5) is 16.5. The van der Waals surface area contributed by atoms with Gasteiger partial charge in [-0.2, -0.15) is 47.9 Å². The molecule has 0 unspecified atom stereocenters. The zero-order chi connectivity index (χ0) is 47.6. The Morgan fingerprint density at radius 3 is 1.33 bits per heavy atom. The molecule has 336 valence electrons. The summed E-state index contributed by atoms with van der Waals surface area (Å²) in [5, 5.41) is 0. The maximum Gasteiger partial charge on any atom is 0.416 e. The minimum absolute atomic E-state index is 0.0324. The average molecular weight is 930 g/mol. The molecule has 8 aromatic rings. The number of alkyl halides is 9. The Morgan fingerprint density at radius 2 is 0.879 bits per heavy atom. The van der Waals surface area contributed by atoms with Crippen LogP contribution in [0.2, 0.25) is 0 Å². The number of aromatic nitrogens is 4. The second-order valence-corrected chi connectivity index (χ2v) is 16.1. The van der Waals surface area contributed by atoms with E-state index in [2.05, 4.69) is 19.9 Å². The number of halogens is 9. The molecule has 0 saturated heterocycles. The second kappa shape index (κ2) is 18.2. The summed E-state index contributed by atoms with van der Waals surface area (Å²) in [6.45, 7) is 1.86. The molecule has 0 radical (unpaired) electrons. The fourth-order valence-electron chi connectivity index (χ4n) is 6.62. The lowest BCUT2D eigenvalue weighted by Crippen LogP contribution is -2.07. The Balaban J connectivity index is 0.000000196. The number of hydrogen-bond donors (Lipinski definition) is 2. The van der Waals surface area contributed by atoms with Crippen LogP contribution in [0.15, 0.2) is 163 Å². The van der Waals surface area contributed by atoms with E-state index in [-0.39, 0.29) is 21.8 Å². The highest BCUT2D eigenvalue weighted by Gasteiger charge is 2.33. The molecule has 0 atom stereocenters. The van der Waals surface area contributed by atoms with Crippen molar-refractivity contribution in [1.29, 1.82) is 0 Å². The van der Waals surface area contributed by atoms with Gasteiger partial charge in [0.25, 0.3) is 10.1 Å². The van der Waals surface area contributed by atoms with E-state index in [9.17, 15) is 52.5 Å². The molecule has 4 aromatic heterocycles. The summed E-state index contributed by atoms with van der Waals surface area (Å²) in [6.07, 6.45) is -9.56. The summed E-state index contributed by atoms with van der Waals surface area (Å²) in [6, 6.07) is 32.5. The molecule has 4 aromatic carbocycles. The topological polar surface area (TPSA) is 132 Å². The zero-order valence-electron chi connectivity index (χ0n) is 34.0. The third-order valence-electron chi connectivity index (χ3n) is 9.92. The quantitative estimate of drug-likeness (QED) is 0.119. The van der Waals surface area contributed by atoms with E-state index >= 15 is 0 Å². The van der Waals surface area contributed by atoms with Crippen molar-refractivity contribution in [3.05, 3.63) is 180 Å². The first kappa shape index (κ1) is 46.5. The Hall–Kier alpha value is -7.44. The molecule has 0 aliphatic carbocycles. The number of pyridine rings is 4. The van der Waals surface area contributed by atoms with Crippen molar-refractivity contribution in [2.75, 3.05) is 5.73 Å². The molecular formula is C48H32F9N5O3S. The van der Waals surface area contributed by atoms with Crippen LogP contribution in [0, 0.1) is 6.92 Å². The molecule has 3 N–H and O–H groups in total. The van der Waals surface area contributed by atoms with Gasteiger partial charge in [-0.15, -0.1) is 0 Å². The van der Waals surface area contributed by atoms with Crippen molar-refractivity contribution in [2.24, 2.45) is 0 Å². The highest BCUT2D eigenvalue weighted by atomic mass is 32.2. The van der Waals surface area contributed by atoms with Crippen LogP contribution in [0.5, 0.6) is 0 Å². The van der Waals surface area contributed by atoms with E-state index in [1.165, 1.54) is 24.4 Å². The summed E-state index contributed by atoms with van der Waals surface area (Å²) < 4.78 is 150. The molecule has 0 amide bonds. The molecule has 66 heavy (non-hydrogen) atoms. The minimum Gasteiger partial charge on any atom is -0.384 e. The second-order valence-electron chi connectivity index (χ2n) is 14.7. The van der Waals surface area contributed by atoms with Crippen LogP contribution in [-0.2, 0) is 28.6 Å². The number of anilines is 1. The van der Waals surface area contributed by atoms with Crippen LogP contribution in [0.1, 0.15) is 22.3 Å². The predicted octanol–water partition coefficient (Wildman–Crippen LogP) is 13.1. The molecule has 0 aliphatic heterocycles. The fourth-order valence-corrected chi connectivity index (χ4v) is 7.09. The Labute approximate surface area is 371 Å². The van der Waals surface area contributed by atoms with Crippen molar-refractivity contribution in [1.82, 2.24) is 19.9 Å². The number of nitrogens with two attached hydrogens (primary N) is 1. The lowest BCUT2D eigenvalue weighted by molar-refractivity contribution is -0.138. The van der Waals surface area contributed by atoms with Gasteiger partial charge in [0.05, 0.1) is 39.5 Å². The summed E-state index contributed by atoms with van der Waals surface area (Å²) in [7, 11) is -4.40. The van der Waals surface area contributed by atoms with Gasteiger partial charge in [-0.25, -0.2) is 15.0 Å². The third kappa shape index (κ3) is 11.3. The zero-order valence-corrected chi connectivity index (χ0v) is 34.8. The van der Waals surface area contributed by atoms with Gasteiger partial charge >= 0.3 is 18.5 Å². The predicted molar refractivity (Wildman–Crippen MR) is 231 cm³/mol. The molecule has 8 nitrogen and oxygen atoms in total. The van der Waals surface area contributed by atoms with Gasteiger partial charge in [-0.05, 0) is 102 Å². The standard InChI is InChI=1S/C24H15F6N3.C24H17F3N2O3S/c25-23(26,27)18-7-4-14(5-8-18)20-11-19(24(28,29)30)12-21(33-20)16-3-1-2-15(10-16)17-6-9-22(31)32-13-17;1-15-9-22(16-5-7-20(8-6-16)24(25,26)27)29-23(10-15)18-4-2-3-17(11-18)19-12-21(14-28-13-19)33(30,31)32/h1-13H,(H2,31,32);2-14H,1H3,(H,30,31,32). The first-order chi connectivity index (χ1) is 31.0. The van der Waals surface area contributed by atoms with Crippen LogP contribution in [0.3, 0.4) is 0 Å². The number of aryl methyl sites for hydroxylation is 1. The van der Waals surface area contributed by atoms with Gasteiger partial charge in [0.15, 0.2) is 0 Å². The molecular weight excluding hydrogens is 898 g/mol. The Bertz CT molecular complexity index is 3140. The lowest BCUT2D eigenvalue weighted by Gasteiger charge is -2.13. The lowest BCUT2D eigenvalue weighted by atomic mass is 10.0. The SMILES string of the molecule is Cc1cc(-c2ccc(C(F)(F)F)cc2)nc(-c2cccc(-c3cncc(S(=O)(=O)O)c3)c2)c1.Nc1ccc(-c2cccc(-c3cc(C(F)(F)F)cc(-c4ccc(C(F)(F)F)cc4)n3)c2)cn1. The van der Waals surface area contributed by atoms with Crippen LogP contribution >= 0.6 is 0 Å². The van der Waals surface area contributed by atoms with E-state index in [1.54, 1.807) is 66.9 Å². The highest BCUT2D eigenvalue weighted by Crippen LogP contribution is 2.37. The van der Waals surface area contributed by atoms with E-state index < -0.39 is 45.3 Å². The van der Waals surface area contributed by atoms with Gasteiger partial charge in [-0.1, -0.05) is 60.7 Å². The van der Waals surface area contributed by atoms with Crippen molar-refractivity contribution < 1.29 is 52.5 Å². The molecule has 18 heteroatoms. The van der Waals surface area contributed by atoms with Gasteiger partial charge in [-0.3, -0.25) is 9.54 Å². The first-order valence-corrected chi connectivity index (χ1v) is 20.7. The molecule has 0 bridgehead atoms.